The molecule has 0 aromatic heterocycles. The van der Waals surface area contributed by atoms with Crippen LogP contribution < -0.4 is 10.6 Å². The number of rotatable bonds is 0. The van der Waals surface area contributed by atoms with Crippen molar-refractivity contribution >= 4 is 6.03 Å². The monoisotopic (exact) mass is 118 g/mol. The van der Waals surface area contributed by atoms with Gasteiger partial charge in [-0.1, -0.05) is 0 Å². The van der Waals surface area contributed by atoms with Gasteiger partial charge < -0.3 is 20.8 Å². The zero-order valence-corrected chi connectivity index (χ0v) is 3.96. The molecule has 1 aliphatic rings. The fourth-order valence-electron chi connectivity index (χ4n) is 0.468. The van der Waals surface area contributed by atoms with Gasteiger partial charge in [0.2, 0.25) is 0 Å². The number of carbonyl (C=O) groups is 1. The van der Waals surface area contributed by atoms with Crippen LogP contribution in [0.3, 0.4) is 0 Å². The number of hydrogen-bond acceptors (Lipinski definition) is 3. The first-order valence-electron chi connectivity index (χ1n) is 2.13. The quantitative estimate of drug-likeness (QED) is 0.295. The Hall–Kier alpha value is -0.810. The summed E-state index contributed by atoms with van der Waals surface area (Å²) in [5.74, 6) is 0. The molecule has 1 heterocycles. The van der Waals surface area contributed by atoms with Gasteiger partial charge in [-0.2, -0.15) is 0 Å². The maximum absolute atomic E-state index is 10.1. The van der Waals surface area contributed by atoms with Gasteiger partial charge in [0.05, 0.1) is 0 Å². The van der Waals surface area contributed by atoms with Crippen molar-refractivity contribution in [1.82, 2.24) is 10.6 Å². The molecule has 1 fully saturated rings. The Bertz CT molecular complexity index is 103. The van der Waals surface area contributed by atoms with Crippen molar-refractivity contribution in [3.8, 4) is 0 Å². The third-order valence-electron chi connectivity index (χ3n) is 0.857. The van der Waals surface area contributed by atoms with Gasteiger partial charge in [0.25, 0.3) is 0 Å². The van der Waals surface area contributed by atoms with E-state index < -0.39 is 18.5 Å². The topological polar surface area (TPSA) is 81.6 Å². The highest BCUT2D eigenvalue weighted by atomic mass is 16.4. The molecule has 5 heteroatoms. The molecular formula is C3H6N2O3. The third kappa shape index (κ3) is 0.728. The summed E-state index contributed by atoms with van der Waals surface area (Å²) >= 11 is 0. The fourth-order valence-corrected chi connectivity index (χ4v) is 0.468. The molecule has 0 aliphatic carbocycles. The first-order chi connectivity index (χ1) is 3.70. The van der Waals surface area contributed by atoms with Crippen LogP contribution in [-0.2, 0) is 0 Å². The first-order valence-corrected chi connectivity index (χ1v) is 2.13. The van der Waals surface area contributed by atoms with E-state index in [-0.39, 0.29) is 0 Å². The SMILES string of the molecule is O=C1N[C@H](O)[C@@H](O)N1. The normalized spacial score (nSPS) is 36.5. The summed E-state index contributed by atoms with van der Waals surface area (Å²) in [5, 5.41) is 21.1. The third-order valence-corrected chi connectivity index (χ3v) is 0.857. The van der Waals surface area contributed by atoms with Crippen molar-refractivity contribution in [2.45, 2.75) is 12.5 Å². The molecule has 5 nitrogen and oxygen atoms in total. The van der Waals surface area contributed by atoms with Crippen LogP contribution in [-0.4, -0.2) is 28.7 Å². The zero-order valence-electron chi connectivity index (χ0n) is 3.96. The molecular weight excluding hydrogens is 112 g/mol. The summed E-state index contributed by atoms with van der Waals surface area (Å²) in [6.07, 6.45) is -2.33. The number of nitrogens with one attached hydrogen (secondary N) is 2. The Labute approximate surface area is 45.3 Å². The van der Waals surface area contributed by atoms with E-state index in [1.807, 2.05) is 10.6 Å². The lowest BCUT2D eigenvalue weighted by molar-refractivity contribution is 0.0215. The molecule has 0 aromatic carbocycles. The molecule has 4 N–H and O–H groups in total. The summed E-state index contributed by atoms with van der Waals surface area (Å²) in [6, 6.07) is -0.551. The highest BCUT2D eigenvalue weighted by Gasteiger charge is 2.26. The second kappa shape index (κ2) is 1.61. The van der Waals surface area contributed by atoms with Crippen LogP contribution in [0.2, 0.25) is 0 Å². The van der Waals surface area contributed by atoms with E-state index in [4.69, 9.17) is 10.2 Å². The Morgan fingerprint density at radius 2 is 1.62 bits per heavy atom. The smallest absolute Gasteiger partial charge is 0.319 e. The van der Waals surface area contributed by atoms with E-state index in [1.165, 1.54) is 0 Å². The number of urea groups is 1. The van der Waals surface area contributed by atoms with Crippen LogP contribution in [0.5, 0.6) is 0 Å². The minimum Gasteiger partial charge on any atom is -0.369 e. The van der Waals surface area contributed by atoms with Crippen molar-refractivity contribution in [2.75, 3.05) is 0 Å². The molecule has 1 rings (SSSR count). The van der Waals surface area contributed by atoms with Crippen molar-refractivity contribution in [1.29, 1.82) is 0 Å². The molecule has 0 bridgehead atoms. The molecule has 0 saturated carbocycles. The van der Waals surface area contributed by atoms with Crippen LogP contribution >= 0.6 is 0 Å². The highest BCUT2D eigenvalue weighted by Crippen LogP contribution is 1.91. The Kier molecular flexibility index (Phi) is 1.07. The minimum atomic E-state index is -1.16. The molecule has 0 radical (unpaired) electrons. The number of amides is 2. The van der Waals surface area contributed by atoms with E-state index >= 15 is 0 Å². The van der Waals surface area contributed by atoms with Gasteiger partial charge >= 0.3 is 6.03 Å². The van der Waals surface area contributed by atoms with Crippen LogP contribution in [0.15, 0.2) is 0 Å². The van der Waals surface area contributed by atoms with Crippen molar-refractivity contribution in [3.63, 3.8) is 0 Å². The van der Waals surface area contributed by atoms with E-state index in [9.17, 15) is 4.79 Å². The summed E-state index contributed by atoms with van der Waals surface area (Å²) in [5.41, 5.74) is 0. The Balaban J connectivity index is 2.51. The summed E-state index contributed by atoms with van der Waals surface area (Å²) in [6.45, 7) is 0. The van der Waals surface area contributed by atoms with E-state index in [0.29, 0.717) is 0 Å². The Morgan fingerprint density at radius 3 is 1.75 bits per heavy atom. The van der Waals surface area contributed by atoms with Crippen LogP contribution in [0.25, 0.3) is 0 Å². The van der Waals surface area contributed by atoms with Gasteiger partial charge in [0.1, 0.15) is 0 Å². The van der Waals surface area contributed by atoms with Gasteiger partial charge in [-0.05, 0) is 0 Å². The predicted molar refractivity (Wildman–Crippen MR) is 23.7 cm³/mol. The fraction of sp³-hybridized carbons (Fsp3) is 0.667. The molecule has 2 atom stereocenters. The molecule has 1 aliphatic heterocycles. The molecule has 0 spiro atoms. The Morgan fingerprint density at radius 1 is 1.25 bits per heavy atom. The van der Waals surface area contributed by atoms with Crippen molar-refractivity contribution in [2.24, 2.45) is 0 Å². The maximum Gasteiger partial charge on any atom is 0.319 e. The molecule has 2 amide bonds. The van der Waals surface area contributed by atoms with Crippen molar-refractivity contribution in [3.05, 3.63) is 0 Å². The second-order valence-corrected chi connectivity index (χ2v) is 1.51. The lowest BCUT2D eigenvalue weighted by Gasteiger charge is -2.02. The highest BCUT2D eigenvalue weighted by molar-refractivity contribution is 5.76. The molecule has 8 heavy (non-hydrogen) atoms. The lowest BCUT2D eigenvalue weighted by Crippen LogP contribution is -2.32. The summed E-state index contributed by atoms with van der Waals surface area (Å²) in [7, 11) is 0. The van der Waals surface area contributed by atoms with Crippen molar-refractivity contribution < 1.29 is 15.0 Å². The van der Waals surface area contributed by atoms with E-state index in [1.54, 1.807) is 0 Å². The predicted octanol–water partition coefficient (Wildman–Crippen LogP) is -2.06. The average molecular weight is 118 g/mol. The number of hydrogen-bond donors (Lipinski definition) is 4. The maximum atomic E-state index is 10.1. The molecule has 46 valence electrons. The number of carbonyl (C=O) groups excluding carboxylic acids is 1. The van der Waals surface area contributed by atoms with Crippen LogP contribution in [0.1, 0.15) is 0 Å². The minimum absolute atomic E-state index is 0.551. The molecule has 1 saturated heterocycles. The van der Waals surface area contributed by atoms with Gasteiger partial charge in [-0.25, -0.2) is 4.79 Å². The molecule has 0 aromatic rings. The van der Waals surface area contributed by atoms with Gasteiger partial charge in [-0.3, -0.25) is 0 Å². The average Bonchev–Trinajstić information content (AvgIpc) is 1.85. The first kappa shape index (κ1) is 5.33. The summed E-state index contributed by atoms with van der Waals surface area (Å²) in [4.78, 5) is 10.1. The van der Waals surface area contributed by atoms with Crippen LogP contribution in [0, 0.1) is 0 Å². The van der Waals surface area contributed by atoms with Gasteiger partial charge in [-0.15, -0.1) is 0 Å². The van der Waals surface area contributed by atoms with E-state index in [0.717, 1.165) is 0 Å². The van der Waals surface area contributed by atoms with Gasteiger partial charge in [0, 0.05) is 0 Å². The number of aliphatic hydroxyl groups excluding tert-OH is 2. The zero-order chi connectivity index (χ0) is 6.15. The second-order valence-electron chi connectivity index (χ2n) is 1.51. The summed E-state index contributed by atoms with van der Waals surface area (Å²) < 4.78 is 0. The largest absolute Gasteiger partial charge is 0.369 e. The van der Waals surface area contributed by atoms with Gasteiger partial charge in [0.15, 0.2) is 12.5 Å². The van der Waals surface area contributed by atoms with E-state index in [2.05, 4.69) is 0 Å². The lowest BCUT2D eigenvalue weighted by atomic mass is 10.5. The van der Waals surface area contributed by atoms with Crippen LogP contribution in [0.4, 0.5) is 4.79 Å². The standard InChI is InChI=1S/C3H6N2O3/c6-1-2(7)5-3(8)4-1/h1-2,6-7H,(H2,4,5,8)/t1-,2-/m1/s1. The molecule has 0 unspecified atom stereocenters. The number of aliphatic hydroxyl groups is 2.